The molecule has 1 aliphatic carbocycles. The molecule has 0 aliphatic heterocycles. The van der Waals surface area contributed by atoms with Gasteiger partial charge in [-0.15, -0.1) is 0 Å². The first-order valence-electron chi connectivity index (χ1n) is 9.12. The molecule has 4 heteroatoms. The van der Waals surface area contributed by atoms with Crippen LogP contribution < -0.4 is 10.1 Å². The molecule has 1 saturated carbocycles. The van der Waals surface area contributed by atoms with E-state index in [9.17, 15) is 4.79 Å². The van der Waals surface area contributed by atoms with Crippen molar-refractivity contribution in [2.75, 3.05) is 13.2 Å². The van der Waals surface area contributed by atoms with Crippen molar-refractivity contribution in [1.82, 2.24) is 10.3 Å². The second-order valence-corrected chi connectivity index (χ2v) is 6.76. The number of ether oxygens (including phenoxy) is 1. The van der Waals surface area contributed by atoms with E-state index in [2.05, 4.69) is 23.3 Å². The molecule has 4 nitrogen and oxygen atoms in total. The molecule has 1 aliphatic rings. The summed E-state index contributed by atoms with van der Waals surface area (Å²) >= 11 is 0. The predicted molar refractivity (Wildman–Crippen MR) is 98.7 cm³/mol. The zero-order valence-electron chi connectivity index (χ0n) is 14.8. The Morgan fingerprint density at radius 1 is 1.20 bits per heavy atom. The number of nitrogens with one attached hydrogen (secondary N) is 1. The van der Waals surface area contributed by atoms with Crippen LogP contribution in [0.3, 0.4) is 0 Å². The van der Waals surface area contributed by atoms with Gasteiger partial charge in [-0.1, -0.05) is 25.1 Å². The highest BCUT2D eigenvalue weighted by atomic mass is 16.5. The van der Waals surface area contributed by atoms with Crippen LogP contribution in [0.2, 0.25) is 0 Å². The SMILES string of the molecule is CCCOc1ccc(CCC(=O)NCC2(c3ccccn3)CC2)cc1. The third-order valence-electron chi connectivity index (χ3n) is 4.72. The smallest absolute Gasteiger partial charge is 0.220 e. The van der Waals surface area contributed by atoms with Gasteiger partial charge in [0.2, 0.25) is 5.91 Å². The van der Waals surface area contributed by atoms with E-state index < -0.39 is 0 Å². The average molecular weight is 338 g/mol. The molecule has 1 aromatic heterocycles. The number of hydrogen-bond donors (Lipinski definition) is 1. The number of carbonyl (C=O) groups excluding carboxylic acids is 1. The molecule has 0 radical (unpaired) electrons. The lowest BCUT2D eigenvalue weighted by atomic mass is 10.0. The molecule has 2 aromatic rings. The molecule has 0 spiro atoms. The zero-order valence-corrected chi connectivity index (χ0v) is 14.8. The van der Waals surface area contributed by atoms with Crippen molar-refractivity contribution in [3.05, 3.63) is 59.9 Å². The molecule has 0 atom stereocenters. The molecule has 1 aromatic carbocycles. The van der Waals surface area contributed by atoms with Crippen molar-refractivity contribution in [1.29, 1.82) is 0 Å². The molecule has 0 unspecified atom stereocenters. The van der Waals surface area contributed by atoms with E-state index >= 15 is 0 Å². The number of rotatable bonds is 9. The van der Waals surface area contributed by atoms with E-state index in [1.807, 2.05) is 42.6 Å². The summed E-state index contributed by atoms with van der Waals surface area (Å²) in [5, 5.41) is 3.09. The summed E-state index contributed by atoms with van der Waals surface area (Å²) in [6.45, 7) is 3.51. The van der Waals surface area contributed by atoms with Crippen LogP contribution in [0.15, 0.2) is 48.7 Å². The number of aryl methyl sites for hydroxylation is 1. The van der Waals surface area contributed by atoms with Crippen molar-refractivity contribution in [2.24, 2.45) is 0 Å². The van der Waals surface area contributed by atoms with Gasteiger partial charge in [-0.3, -0.25) is 9.78 Å². The highest BCUT2D eigenvalue weighted by Gasteiger charge is 2.45. The molecular weight excluding hydrogens is 312 g/mol. The van der Waals surface area contributed by atoms with E-state index in [-0.39, 0.29) is 11.3 Å². The van der Waals surface area contributed by atoms with Gasteiger partial charge in [-0.25, -0.2) is 0 Å². The summed E-state index contributed by atoms with van der Waals surface area (Å²) in [5.74, 6) is 0.995. The van der Waals surface area contributed by atoms with Gasteiger partial charge in [0.15, 0.2) is 0 Å². The highest BCUT2D eigenvalue weighted by molar-refractivity contribution is 5.76. The van der Waals surface area contributed by atoms with Gasteiger partial charge in [-0.05, 0) is 55.5 Å². The van der Waals surface area contributed by atoms with E-state index in [4.69, 9.17) is 4.74 Å². The Morgan fingerprint density at radius 2 is 2.00 bits per heavy atom. The standard InChI is InChI=1S/C21H26N2O2/c1-2-15-25-18-9-6-17(7-10-18)8-11-20(24)23-16-21(12-13-21)19-5-3-4-14-22-19/h3-7,9-10,14H,2,8,11-13,15-16H2,1H3,(H,23,24). The molecule has 1 heterocycles. The van der Waals surface area contributed by atoms with Gasteiger partial charge in [-0.2, -0.15) is 0 Å². The summed E-state index contributed by atoms with van der Waals surface area (Å²) in [6.07, 6.45) is 6.28. The number of nitrogens with zero attached hydrogens (tertiary/aromatic N) is 1. The maximum Gasteiger partial charge on any atom is 0.220 e. The first-order valence-corrected chi connectivity index (χ1v) is 9.12. The van der Waals surface area contributed by atoms with Crippen molar-refractivity contribution in [2.45, 2.75) is 44.4 Å². The molecule has 1 N–H and O–H groups in total. The van der Waals surface area contributed by atoms with Crippen LogP contribution in [-0.2, 0) is 16.6 Å². The summed E-state index contributed by atoms with van der Waals surface area (Å²) < 4.78 is 5.58. The Hall–Kier alpha value is -2.36. The second kappa shape index (κ2) is 8.15. The zero-order chi connectivity index (χ0) is 17.5. The molecule has 3 rings (SSSR count). The van der Waals surface area contributed by atoms with E-state index in [1.54, 1.807) is 0 Å². The van der Waals surface area contributed by atoms with Crippen LogP contribution in [0.4, 0.5) is 0 Å². The summed E-state index contributed by atoms with van der Waals surface area (Å²) in [7, 11) is 0. The Balaban J connectivity index is 1.43. The lowest BCUT2D eigenvalue weighted by Crippen LogP contribution is -2.32. The van der Waals surface area contributed by atoms with E-state index in [0.29, 0.717) is 13.0 Å². The minimum absolute atomic E-state index is 0.0647. The fraction of sp³-hybridized carbons (Fsp3) is 0.429. The minimum Gasteiger partial charge on any atom is -0.494 e. The first kappa shape index (κ1) is 17.5. The van der Waals surface area contributed by atoms with E-state index in [0.717, 1.165) is 49.3 Å². The molecule has 132 valence electrons. The third-order valence-corrected chi connectivity index (χ3v) is 4.72. The largest absolute Gasteiger partial charge is 0.494 e. The van der Waals surface area contributed by atoms with Gasteiger partial charge in [0.05, 0.1) is 6.61 Å². The summed E-state index contributed by atoms with van der Waals surface area (Å²) in [6, 6.07) is 14.0. The number of aromatic nitrogens is 1. The third kappa shape index (κ3) is 4.81. The maximum atomic E-state index is 12.2. The van der Waals surface area contributed by atoms with Gasteiger partial charge in [0, 0.05) is 30.3 Å². The number of benzene rings is 1. The van der Waals surface area contributed by atoms with E-state index in [1.165, 1.54) is 0 Å². The lowest BCUT2D eigenvalue weighted by Gasteiger charge is -2.15. The van der Waals surface area contributed by atoms with Crippen LogP contribution in [0.5, 0.6) is 5.75 Å². The Bertz CT molecular complexity index is 679. The number of carbonyl (C=O) groups is 1. The average Bonchev–Trinajstić information content (AvgIpc) is 3.46. The fourth-order valence-electron chi connectivity index (χ4n) is 2.94. The Labute approximate surface area is 149 Å². The van der Waals surface area contributed by atoms with Crippen LogP contribution in [-0.4, -0.2) is 24.0 Å². The number of hydrogen-bond acceptors (Lipinski definition) is 3. The normalized spacial score (nSPS) is 14.8. The molecule has 25 heavy (non-hydrogen) atoms. The van der Waals surface area contributed by atoms with Gasteiger partial charge in [0.1, 0.15) is 5.75 Å². The van der Waals surface area contributed by atoms with Crippen LogP contribution >= 0.6 is 0 Å². The topological polar surface area (TPSA) is 51.2 Å². The fourth-order valence-corrected chi connectivity index (χ4v) is 2.94. The first-order chi connectivity index (χ1) is 12.2. The quantitative estimate of drug-likeness (QED) is 0.759. The van der Waals surface area contributed by atoms with Gasteiger partial charge >= 0.3 is 0 Å². The predicted octanol–water partition coefficient (Wildman–Crippen LogP) is 3.65. The lowest BCUT2D eigenvalue weighted by molar-refractivity contribution is -0.121. The van der Waals surface area contributed by atoms with Crippen molar-refractivity contribution in [3.8, 4) is 5.75 Å². The molecule has 0 saturated heterocycles. The molecule has 1 amide bonds. The van der Waals surface area contributed by atoms with Gasteiger partial charge < -0.3 is 10.1 Å². The van der Waals surface area contributed by atoms with Crippen molar-refractivity contribution < 1.29 is 9.53 Å². The minimum atomic E-state index is 0.0647. The monoisotopic (exact) mass is 338 g/mol. The van der Waals surface area contributed by atoms with Crippen molar-refractivity contribution in [3.63, 3.8) is 0 Å². The molecular formula is C21H26N2O2. The van der Waals surface area contributed by atoms with Crippen molar-refractivity contribution >= 4 is 5.91 Å². The van der Waals surface area contributed by atoms with Crippen LogP contribution in [0.1, 0.15) is 43.9 Å². The summed E-state index contributed by atoms with van der Waals surface area (Å²) in [5.41, 5.74) is 2.32. The van der Waals surface area contributed by atoms with Crippen LogP contribution in [0.25, 0.3) is 0 Å². The highest BCUT2D eigenvalue weighted by Crippen LogP contribution is 2.46. The second-order valence-electron chi connectivity index (χ2n) is 6.76. The number of pyridine rings is 1. The maximum absolute atomic E-state index is 12.2. The number of amides is 1. The molecule has 0 bridgehead atoms. The summed E-state index contributed by atoms with van der Waals surface area (Å²) in [4.78, 5) is 16.6. The molecule has 1 fully saturated rings. The van der Waals surface area contributed by atoms with Crippen LogP contribution in [0, 0.1) is 0 Å². The Kier molecular flexibility index (Phi) is 5.69. The Morgan fingerprint density at radius 3 is 2.64 bits per heavy atom. The van der Waals surface area contributed by atoms with Gasteiger partial charge in [0.25, 0.3) is 0 Å².